The van der Waals surface area contributed by atoms with Crippen molar-refractivity contribution < 1.29 is 17.9 Å². The third-order valence-electron chi connectivity index (χ3n) is 3.19. The molecule has 1 aromatic heterocycles. The molecule has 2 aromatic carbocycles. The number of nitrogens with zero attached hydrogens (tertiary/aromatic N) is 2. The Balaban J connectivity index is 1.99. The number of aromatic nitrogens is 2. The largest absolute Gasteiger partial charge is 0.424 e. The lowest BCUT2D eigenvalue weighted by molar-refractivity contribution is -0.137. The highest BCUT2D eigenvalue weighted by atomic mass is 35.5. The minimum absolute atomic E-state index is 0.0545. The van der Waals surface area contributed by atoms with Gasteiger partial charge in [0.05, 0.1) is 23.0 Å². The van der Waals surface area contributed by atoms with Gasteiger partial charge in [-0.25, -0.2) is 9.97 Å². The van der Waals surface area contributed by atoms with Gasteiger partial charge in [0.25, 0.3) is 0 Å². The first kappa shape index (κ1) is 16.3. The van der Waals surface area contributed by atoms with Crippen molar-refractivity contribution in [2.45, 2.75) is 6.18 Å². The minimum Gasteiger partial charge on any atom is -0.424 e. The number of benzene rings is 2. The summed E-state index contributed by atoms with van der Waals surface area (Å²) in [5.74, 6) is 0.346. The average molecular weight is 351 g/mol. The van der Waals surface area contributed by atoms with Gasteiger partial charge in [-0.2, -0.15) is 13.2 Å². The molecule has 0 spiro atoms. The quantitative estimate of drug-likeness (QED) is 0.616. The zero-order valence-electron chi connectivity index (χ0n) is 12.1. The third-order valence-corrected chi connectivity index (χ3v) is 3.38. The number of para-hydroxylation sites is 1. The predicted octanol–water partition coefficient (Wildman–Crippen LogP) is 5.61. The second-order valence-corrected chi connectivity index (χ2v) is 5.30. The zero-order valence-corrected chi connectivity index (χ0v) is 12.8. The van der Waals surface area contributed by atoms with Crippen LogP contribution in [0.4, 0.5) is 13.2 Å². The fraction of sp³-hybridized carbons (Fsp3) is 0.0588. The second-order valence-electron chi connectivity index (χ2n) is 4.86. The Kier molecular flexibility index (Phi) is 4.40. The molecule has 0 aliphatic heterocycles. The van der Waals surface area contributed by atoms with Crippen LogP contribution in [0, 0.1) is 0 Å². The Morgan fingerprint density at radius 1 is 0.917 bits per heavy atom. The molecule has 3 aromatic rings. The summed E-state index contributed by atoms with van der Waals surface area (Å²) in [7, 11) is 0. The van der Waals surface area contributed by atoms with E-state index in [1.807, 2.05) is 0 Å². The molecular weight excluding hydrogens is 341 g/mol. The van der Waals surface area contributed by atoms with Crippen LogP contribution in [0.3, 0.4) is 0 Å². The Labute approximate surface area is 140 Å². The van der Waals surface area contributed by atoms with Crippen LogP contribution in [-0.2, 0) is 6.18 Å². The third kappa shape index (κ3) is 3.65. The van der Waals surface area contributed by atoms with E-state index in [2.05, 4.69) is 9.97 Å². The van der Waals surface area contributed by atoms with Crippen LogP contribution >= 0.6 is 11.6 Å². The van der Waals surface area contributed by atoms with Crippen LogP contribution < -0.4 is 4.74 Å². The molecule has 0 N–H and O–H groups in total. The summed E-state index contributed by atoms with van der Waals surface area (Å²) in [6, 6.07) is 11.8. The summed E-state index contributed by atoms with van der Waals surface area (Å²) < 4.78 is 44.3. The normalized spacial score (nSPS) is 11.3. The van der Waals surface area contributed by atoms with Crippen LogP contribution in [0.2, 0.25) is 5.02 Å². The van der Waals surface area contributed by atoms with Gasteiger partial charge in [-0.3, -0.25) is 0 Å². The number of hydrogen-bond donors (Lipinski definition) is 0. The number of ether oxygens (including phenoxy) is 1. The van der Waals surface area contributed by atoms with E-state index >= 15 is 0 Å². The van der Waals surface area contributed by atoms with E-state index in [-0.39, 0.29) is 6.01 Å². The van der Waals surface area contributed by atoms with Crippen molar-refractivity contribution in [1.29, 1.82) is 0 Å². The van der Waals surface area contributed by atoms with Gasteiger partial charge in [-0.1, -0.05) is 41.9 Å². The molecular formula is C17H10ClF3N2O. The van der Waals surface area contributed by atoms with Gasteiger partial charge in [0, 0.05) is 5.56 Å². The molecule has 0 amide bonds. The Bertz CT molecular complexity index is 851. The molecule has 0 unspecified atom stereocenters. The molecule has 0 radical (unpaired) electrons. The van der Waals surface area contributed by atoms with Crippen molar-refractivity contribution in [2.75, 3.05) is 0 Å². The van der Waals surface area contributed by atoms with Crippen molar-refractivity contribution in [1.82, 2.24) is 9.97 Å². The zero-order chi connectivity index (χ0) is 17.2. The molecule has 0 aliphatic rings. The molecule has 0 saturated heterocycles. The van der Waals surface area contributed by atoms with Crippen LogP contribution in [-0.4, -0.2) is 9.97 Å². The molecule has 0 bridgehead atoms. The highest BCUT2D eigenvalue weighted by Gasteiger charge is 2.30. The lowest BCUT2D eigenvalue weighted by atomic mass is 10.0. The molecule has 7 heteroatoms. The van der Waals surface area contributed by atoms with E-state index in [1.54, 1.807) is 30.3 Å². The first-order valence-electron chi connectivity index (χ1n) is 6.85. The molecule has 0 fully saturated rings. The second kappa shape index (κ2) is 6.49. The van der Waals surface area contributed by atoms with Crippen molar-refractivity contribution >= 4 is 11.6 Å². The lowest BCUT2D eigenvalue weighted by Crippen LogP contribution is -2.04. The molecule has 0 atom stereocenters. The van der Waals surface area contributed by atoms with Crippen molar-refractivity contribution in [3.63, 3.8) is 0 Å². The summed E-state index contributed by atoms with van der Waals surface area (Å²) in [6.07, 6.45) is -1.67. The predicted molar refractivity (Wildman–Crippen MR) is 84.0 cm³/mol. The van der Waals surface area contributed by atoms with Gasteiger partial charge in [-0.15, -0.1) is 0 Å². The highest BCUT2D eigenvalue weighted by Crippen LogP contribution is 2.36. The molecule has 3 rings (SSSR count). The smallest absolute Gasteiger partial charge is 0.416 e. The van der Waals surface area contributed by atoms with Crippen LogP contribution in [0.1, 0.15) is 5.56 Å². The maximum atomic E-state index is 12.9. The SMILES string of the molecule is FC(F)(F)c1cccc(-c2ccccc2Oc2ncc(Cl)cn2)c1. The van der Waals surface area contributed by atoms with E-state index in [0.717, 1.165) is 12.1 Å². The van der Waals surface area contributed by atoms with E-state index in [0.29, 0.717) is 21.9 Å². The first-order valence-corrected chi connectivity index (χ1v) is 7.23. The maximum absolute atomic E-state index is 12.9. The average Bonchev–Trinajstić information content (AvgIpc) is 2.57. The van der Waals surface area contributed by atoms with E-state index < -0.39 is 11.7 Å². The number of alkyl halides is 3. The Hall–Kier alpha value is -2.60. The van der Waals surface area contributed by atoms with Crippen LogP contribution in [0.15, 0.2) is 60.9 Å². The Morgan fingerprint density at radius 2 is 1.62 bits per heavy atom. The number of halogens is 4. The molecule has 0 saturated carbocycles. The standard InChI is InChI=1S/C17H10ClF3N2O/c18-13-9-22-16(23-10-13)24-15-7-2-1-6-14(15)11-4-3-5-12(8-11)17(19,20)21/h1-10H. The fourth-order valence-electron chi connectivity index (χ4n) is 2.11. The molecule has 122 valence electrons. The van der Waals surface area contributed by atoms with Crippen molar-refractivity contribution in [3.8, 4) is 22.9 Å². The van der Waals surface area contributed by atoms with Gasteiger partial charge < -0.3 is 4.74 Å². The summed E-state index contributed by atoms with van der Waals surface area (Å²) >= 11 is 5.71. The number of hydrogen-bond acceptors (Lipinski definition) is 3. The summed E-state index contributed by atoms with van der Waals surface area (Å²) in [5.41, 5.74) is 0.161. The van der Waals surface area contributed by atoms with E-state index in [9.17, 15) is 13.2 Å². The lowest BCUT2D eigenvalue weighted by Gasteiger charge is -2.12. The first-order chi connectivity index (χ1) is 11.4. The van der Waals surface area contributed by atoms with Gasteiger partial charge in [0.2, 0.25) is 0 Å². The Morgan fingerprint density at radius 3 is 2.33 bits per heavy atom. The maximum Gasteiger partial charge on any atom is 0.416 e. The van der Waals surface area contributed by atoms with Gasteiger partial charge in [-0.05, 0) is 23.8 Å². The monoisotopic (exact) mass is 350 g/mol. The van der Waals surface area contributed by atoms with Gasteiger partial charge in [0.15, 0.2) is 0 Å². The fourth-order valence-corrected chi connectivity index (χ4v) is 2.21. The van der Waals surface area contributed by atoms with Gasteiger partial charge >= 0.3 is 12.2 Å². The minimum atomic E-state index is -4.41. The molecule has 0 aliphatic carbocycles. The van der Waals surface area contributed by atoms with E-state index in [4.69, 9.17) is 16.3 Å². The van der Waals surface area contributed by atoms with Crippen LogP contribution in [0.25, 0.3) is 11.1 Å². The van der Waals surface area contributed by atoms with Gasteiger partial charge in [0.1, 0.15) is 5.75 Å². The highest BCUT2D eigenvalue weighted by molar-refractivity contribution is 6.30. The molecule has 24 heavy (non-hydrogen) atoms. The summed E-state index contributed by atoms with van der Waals surface area (Å²) in [5, 5.41) is 0.355. The van der Waals surface area contributed by atoms with Crippen LogP contribution in [0.5, 0.6) is 11.8 Å². The molecule has 1 heterocycles. The van der Waals surface area contributed by atoms with Crippen molar-refractivity contribution in [2.24, 2.45) is 0 Å². The summed E-state index contributed by atoms with van der Waals surface area (Å²) in [4.78, 5) is 7.84. The van der Waals surface area contributed by atoms with E-state index in [1.165, 1.54) is 18.5 Å². The topological polar surface area (TPSA) is 35.0 Å². The summed E-state index contributed by atoms with van der Waals surface area (Å²) in [6.45, 7) is 0. The number of rotatable bonds is 3. The van der Waals surface area contributed by atoms with Crippen molar-refractivity contribution in [3.05, 3.63) is 71.5 Å². The molecule has 3 nitrogen and oxygen atoms in total.